The van der Waals surface area contributed by atoms with Gasteiger partial charge in [-0.15, -0.1) is 0 Å². The average Bonchev–Trinajstić information content (AvgIpc) is 3.26. The van der Waals surface area contributed by atoms with Crippen molar-refractivity contribution in [3.05, 3.63) is 93.5 Å². The number of hydrogen-bond acceptors (Lipinski definition) is 4. The first-order chi connectivity index (χ1) is 15.5. The summed E-state index contributed by atoms with van der Waals surface area (Å²) >= 11 is 3.67. The van der Waals surface area contributed by atoms with E-state index in [1.165, 1.54) is 14.2 Å². The summed E-state index contributed by atoms with van der Waals surface area (Å²) in [4.78, 5) is 25.6. The Morgan fingerprint density at radius 2 is 1.41 bits per heavy atom. The maximum absolute atomic E-state index is 12.8. The molecule has 0 fully saturated rings. The summed E-state index contributed by atoms with van der Waals surface area (Å²) in [5.74, 6) is 5.37. The van der Waals surface area contributed by atoms with Crippen LogP contribution in [0.25, 0.3) is 11.1 Å². The monoisotopic (exact) mass is 488 g/mol. The highest BCUT2D eigenvalue weighted by Gasteiger charge is 2.53. The number of carbonyl (C=O) groups is 2. The second-order valence-electron chi connectivity index (χ2n) is 7.64. The molecule has 0 saturated carbocycles. The summed E-state index contributed by atoms with van der Waals surface area (Å²) in [6.07, 6.45) is 0.358. The Balaban J connectivity index is 1.95. The third kappa shape index (κ3) is 3.83. The zero-order valence-corrected chi connectivity index (χ0v) is 19.4. The van der Waals surface area contributed by atoms with Crippen molar-refractivity contribution in [2.75, 3.05) is 14.2 Å². The first-order valence-corrected chi connectivity index (χ1v) is 10.9. The minimum absolute atomic E-state index is 0.166. The summed E-state index contributed by atoms with van der Waals surface area (Å²) in [5, 5.41) is 0. The number of hydrogen-bond donors (Lipinski definition) is 0. The number of ether oxygens (including phenoxy) is 2. The molecule has 0 atom stereocenters. The standard InChI is InChI=1S/C27H21BrO4/c1-31-25(29)27(26(30)32-2)16-22-20(14-13-18-9-5-3-6-10-18)21(15-24(28)23(22)17-27)19-11-7-4-8-12-19/h3-12,15H,16-17H2,1-2H3. The number of esters is 2. The highest BCUT2D eigenvalue weighted by atomic mass is 79.9. The van der Waals surface area contributed by atoms with Gasteiger partial charge in [-0.25, -0.2) is 0 Å². The number of halogens is 1. The van der Waals surface area contributed by atoms with Gasteiger partial charge in [-0.2, -0.15) is 0 Å². The van der Waals surface area contributed by atoms with Crippen molar-refractivity contribution in [3.63, 3.8) is 0 Å². The highest BCUT2D eigenvalue weighted by molar-refractivity contribution is 9.10. The predicted octanol–water partition coefficient (Wildman–Crippen LogP) is 4.95. The van der Waals surface area contributed by atoms with Gasteiger partial charge >= 0.3 is 11.9 Å². The number of fused-ring (bicyclic) bond motifs is 1. The first kappa shape index (κ1) is 21.9. The Bertz CT molecular complexity index is 1220. The number of methoxy groups -OCH3 is 2. The molecule has 0 aromatic heterocycles. The lowest BCUT2D eigenvalue weighted by molar-refractivity contribution is -0.168. The van der Waals surface area contributed by atoms with Crippen LogP contribution in [0.4, 0.5) is 0 Å². The smallest absolute Gasteiger partial charge is 0.323 e. The van der Waals surface area contributed by atoms with Crippen LogP contribution >= 0.6 is 15.9 Å². The normalized spacial score (nSPS) is 13.5. The second kappa shape index (κ2) is 9.02. The second-order valence-corrected chi connectivity index (χ2v) is 8.49. The molecular formula is C27H21BrO4. The van der Waals surface area contributed by atoms with Crippen molar-refractivity contribution in [2.24, 2.45) is 5.41 Å². The lowest BCUT2D eigenvalue weighted by Crippen LogP contribution is -2.42. The molecule has 0 aliphatic heterocycles. The van der Waals surface area contributed by atoms with Crippen LogP contribution in [0.2, 0.25) is 0 Å². The number of benzene rings is 3. The molecule has 0 spiro atoms. The van der Waals surface area contributed by atoms with E-state index < -0.39 is 17.4 Å². The Morgan fingerprint density at radius 1 is 0.844 bits per heavy atom. The lowest BCUT2D eigenvalue weighted by Gasteiger charge is -2.22. The Morgan fingerprint density at radius 3 is 2.00 bits per heavy atom. The molecule has 0 N–H and O–H groups in total. The Hall–Kier alpha value is -3.36. The van der Waals surface area contributed by atoms with Crippen molar-refractivity contribution in [1.82, 2.24) is 0 Å². The first-order valence-electron chi connectivity index (χ1n) is 10.1. The summed E-state index contributed by atoms with van der Waals surface area (Å²) < 4.78 is 10.9. The van der Waals surface area contributed by atoms with E-state index in [4.69, 9.17) is 9.47 Å². The van der Waals surface area contributed by atoms with Crippen LogP contribution < -0.4 is 0 Å². The van der Waals surface area contributed by atoms with Gasteiger partial charge in [-0.1, -0.05) is 76.3 Å². The van der Waals surface area contributed by atoms with Crippen molar-refractivity contribution in [3.8, 4) is 23.0 Å². The quantitative estimate of drug-likeness (QED) is 0.297. The van der Waals surface area contributed by atoms with Crippen LogP contribution in [-0.4, -0.2) is 26.2 Å². The van der Waals surface area contributed by atoms with Gasteiger partial charge < -0.3 is 9.47 Å². The van der Waals surface area contributed by atoms with E-state index in [9.17, 15) is 9.59 Å². The SMILES string of the molecule is COC(=O)C1(C(=O)OC)Cc2c(Br)cc(-c3ccccc3)c(C#Cc3ccccc3)c2C1. The van der Waals surface area contributed by atoms with Gasteiger partial charge in [0, 0.05) is 28.4 Å². The van der Waals surface area contributed by atoms with Crippen LogP contribution in [-0.2, 0) is 31.9 Å². The minimum atomic E-state index is -1.42. The van der Waals surface area contributed by atoms with E-state index in [0.29, 0.717) is 0 Å². The van der Waals surface area contributed by atoms with Gasteiger partial charge in [0.1, 0.15) is 0 Å². The molecule has 1 aliphatic carbocycles. The molecule has 0 bridgehead atoms. The number of rotatable bonds is 3. The Kier molecular flexibility index (Phi) is 6.16. The van der Waals surface area contributed by atoms with Gasteiger partial charge in [-0.3, -0.25) is 9.59 Å². The van der Waals surface area contributed by atoms with E-state index >= 15 is 0 Å². The van der Waals surface area contributed by atoms with Crippen molar-refractivity contribution in [1.29, 1.82) is 0 Å². The van der Waals surface area contributed by atoms with Gasteiger partial charge in [0.25, 0.3) is 0 Å². The summed E-state index contributed by atoms with van der Waals surface area (Å²) in [6, 6.07) is 21.7. The summed E-state index contributed by atoms with van der Waals surface area (Å²) in [5.41, 5.74) is 3.93. The molecular weight excluding hydrogens is 468 g/mol. The molecule has 0 amide bonds. The van der Waals surface area contributed by atoms with Crippen LogP contribution in [0.1, 0.15) is 22.3 Å². The van der Waals surface area contributed by atoms with Crippen molar-refractivity contribution < 1.29 is 19.1 Å². The van der Waals surface area contributed by atoms with Gasteiger partial charge in [0.15, 0.2) is 5.41 Å². The maximum Gasteiger partial charge on any atom is 0.323 e. The molecule has 1 aliphatic rings. The van der Waals surface area contributed by atoms with Crippen LogP contribution in [0, 0.1) is 17.3 Å². The molecule has 32 heavy (non-hydrogen) atoms. The van der Waals surface area contributed by atoms with E-state index in [-0.39, 0.29) is 12.8 Å². The maximum atomic E-state index is 12.8. The third-order valence-corrected chi connectivity index (χ3v) is 6.50. The largest absolute Gasteiger partial charge is 0.468 e. The molecule has 3 aromatic rings. The molecule has 0 unspecified atom stereocenters. The summed E-state index contributed by atoms with van der Waals surface area (Å²) in [6.45, 7) is 0. The molecule has 3 aromatic carbocycles. The zero-order chi connectivity index (χ0) is 22.7. The fourth-order valence-corrected chi connectivity index (χ4v) is 4.81. The molecule has 4 nitrogen and oxygen atoms in total. The van der Waals surface area contributed by atoms with Gasteiger partial charge in [0.05, 0.1) is 14.2 Å². The van der Waals surface area contributed by atoms with Crippen molar-refractivity contribution in [2.45, 2.75) is 12.8 Å². The summed E-state index contributed by atoms with van der Waals surface area (Å²) in [7, 11) is 2.58. The van der Waals surface area contributed by atoms with Crippen molar-refractivity contribution >= 4 is 27.9 Å². The minimum Gasteiger partial charge on any atom is -0.468 e. The average molecular weight is 489 g/mol. The zero-order valence-electron chi connectivity index (χ0n) is 17.8. The van der Waals surface area contributed by atoms with E-state index in [1.54, 1.807) is 0 Å². The van der Waals surface area contributed by atoms with Gasteiger partial charge in [-0.05, 0) is 40.5 Å². The molecule has 4 rings (SSSR count). The van der Waals surface area contributed by atoms with Crippen LogP contribution in [0.5, 0.6) is 0 Å². The molecule has 0 saturated heterocycles. The highest BCUT2D eigenvalue weighted by Crippen LogP contribution is 2.46. The molecule has 0 heterocycles. The Labute approximate surface area is 195 Å². The van der Waals surface area contributed by atoms with Gasteiger partial charge in [0.2, 0.25) is 0 Å². The topological polar surface area (TPSA) is 52.6 Å². The van der Waals surface area contributed by atoms with E-state index in [1.807, 2.05) is 66.7 Å². The van der Waals surface area contributed by atoms with Crippen LogP contribution in [0.3, 0.4) is 0 Å². The van der Waals surface area contributed by atoms with E-state index in [0.717, 1.165) is 37.9 Å². The number of carbonyl (C=O) groups excluding carboxylic acids is 2. The molecule has 5 heteroatoms. The fourth-order valence-electron chi connectivity index (χ4n) is 4.20. The third-order valence-electron chi connectivity index (χ3n) is 5.79. The van der Waals surface area contributed by atoms with Crippen LogP contribution in [0.15, 0.2) is 71.2 Å². The predicted molar refractivity (Wildman–Crippen MR) is 126 cm³/mol. The molecule has 160 valence electrons. The lowest BCUT2D eigenvalue weighted by atomic mass is 9.84. The fraction of sp³-hybridized carbons (Fsp3) is 0.185. The van der Waals surface area contributed by atoms with E-state index in [2.05, 4.69) is 27.8 Å². The molecule has 0 radical (unpaired) electrons.